The topological polar surface area (TPSA) is 79.5 Å². The number of anilines is 1. The Hall–Kier alpha value is -2.04. The van der Waals surface area contributed by atoms with Crippen molar-refractivity contribution in [1.29, 1.82) is 0 Å². The van der Waals surface area contributed by atoms with Gasteiger partial charge in [-0.3, -0.25) is 4.79 Å². The molecule has 0 bridgehead atoms. The van der Waals surface area contributed by atoms with Crippen LogP contribution in [0.5, 0.6) is 0 Å². The molecule has 0 heterocycles. The lowest BCUT2D eigenvalue weighted by molar-refractivity contribution is -0.114. The molecule has 0 aliphatic rings. The number of nitrogens with zero attached hydrogens (tertiary/aromatic N) is 1. The van der Waals surface area contributed by atoms with Crippen LogP contribution >= 0.6 is 0 Å². The number of hydrogen-bond acceptors (Lipinski definition) is 2. The summed E-state index contributed by atoms with van der Waals surface area (Å²) < 4.78 is 0. The van der Waals surface area contributed by atoms with Crippen LogP contribution in [0.3, 0.4) is 0 Å². The number of hydrogen-bond donors (Lipinski definition) is 3. The Bertz CT molecular complexity index is 429. The molecule has 1 rings (SSSR count). The van der Waals surface area contributed by atoms with Crippen LogP contribution < -0.4 is 16.4 Å². The van der Waals surface area contributed by atoms with Gasteiger partial charge in [0, 0.05) is 19.2 Å². The molecule has 0 fully saturated rings. The van der Waals surface area contributed by atoms with Crippen molar-refractivity contribution in [3.8, 4) is 0 Å². The molecule has 0 spiro atoms. The molecule has 0 unspecified atom stereocenters. The van der Waals surface area contributed by atoms with E-state index in [2.05, 4.69) is 22.5 Å². The van der Waals surface area contributed by atoms with Crippen molar-refractivity contribution in [3.63, 3.8) is 0 Å². The van der Waals surface area contributed by atoms with Gasteiger partial charge in [0.1, 0.15) is 0 Å². The van der Waals surface area contributed by atoms with E-state index in [1.807, 2.05) is 24.3 Å². The maximum atomic E-state index is 10.9. The quantitative estimate of drug-likeness (QED) is 0.545. The molecule has 0 atom stereocenters. The zero-order valence-electron chi connectivity index (χ0n) is 10.9. The summed E-state index contributed by atoms with van der Waals surface area (Å²) in [4.78, 5) is 15.2. The largest absolute Gasteiger partial charge is 0.370 e. The van der Waals surface area contributed by atoms with Gasteiger partial charge in [0.25, 0.3) is 0 Å². The van der Waals surface area contributed by atoms with E-state index in [-0.39, 0.29) is 5.91 Å². The fourth-order valence-electron chi connectivity index (χ4n) is 1.44. The van der Waals surface area contributed by atoms with Crippen LogP contribution in [0.4, 0.5) is 5.69 Å². The van der Waals surface area contributed by atoms with Crippen LogP contribution in [-0.2, 0) is 11.3 Å². The second-order valence-electron chi connectivity index (χ2n) is 4.01. The van der Waals surface area contributed by atoms with Gasteiger partial charge in [0.15, 0.2) is 5.96 Å². The summed E-state index contributed by atoms with van der Waals surface area (Å²) in [5, 5.41) is 5.74. The number of nitrogens with two attached hydrogens (primary N) is 1. The Labute approximate surface area is 107 Å². The molecule has 0 saturated heterocycles. The molecule has 1 amide bonds. The second kappa shape index (κ2) is 7.32. The molecule has 98 valence electrons. The van der Waals surface area contributed by atoms with Crippen molar-refractivity contribution in [2.45, 2.75) is 26.8 Å². The summed E-state index contributed by atoms with van der Waals surface area (Å²) in [5.41, 5.74) is 7.47. The van der Waals surface area contributed by atoms with Crippen LogP contribution in [0.15, 0.2) is 29.3 Å². The maximum absolute atomic E-state index is 10.9. The van der Waals surface area contributed by atoms with E-state index in [1.165, 1.54) is 6.92 Å². The van der Waals surface area contributed by atoms with Gasteiger partial charge in [-0.05, 0) is 24.1 Å². The van der Waals surface area contributed by atoms with Crippen LogP contribution in [0.1, 0.15) is 25.8 Å². The predicted molar refractivity (Wildman–Crippen MR) is 74.4 cm³/mol. The predicted octanol–water partition coefficient (Wildman–Crippen LogP) is 1.46. The van der Waals surface area contributed by atoms with E-state index < -0.39 is 0 Å². The van der Waals surface area contributed by atoms with E-state index in [1.54, 1.807) is 0 Å². The van der Waals surface area contributed by atoms with Gasteiger partial charge in [0.2, 0.25) is 5.91 Å². The van der Waals surface area contributed by atoms with Crippen molar-refractivity contribution >= 4 is 17.6 Å². The van der Waals surface area contributed by atoms with E-state index in [0.717, 1.165) is 24.2 Å². The first-order valence-electron chi connectivity index (χ1n) is 6.02. The van der Waals surface area contributed by atoms with Crippen LogP contribution in [-0.4, -0.2) is 18.4 Å². The third-order valence-corrected chi connectivity index (χ3v) is 2.24. The number of rotatable bonds is 5. The van der Waals surface area contributed by atoms with Crippen molar-refractivity contribution in [2.75, 3.05) is 11.9 Å². The van der Waals surface area contributed by atoms with Gasteiger partial charge in [-0.15, -0.1) is 0 Å². The Balaban J connectivity index is 2.59. The van der Waals surface area contributed by atoms with E-state index in [4.69, 9.17) is 5.73 Å². The van der Waals surface area contributed by atoms with Crippen LogP contribution in [0.2, 0.25) is 0 Å². The molecule has 0 radical (unpaired) electrons. The summed E-state index contributed by atoms with van der Waals surface area (Å²) in [6, 6.07) is 7.55. The molecule has 0 aliphatic carbocycles. The number of carbonyl (C=O) groups is 1. The molecule has 1 aromatic rings. The highest BCUT2D eigenvalue weighted by molar-refractivity contribution is 5.88. The third kappa shape index (κ3) is 5.34. The van der Waals surface area contributed by atoms with Gasteiger partial charge in [-0.25, -0.2) is 4.99 Å². The van der Waals surface area contributed by atoms with E-state index in [9.17, 15) is 4.79 Å². The fourth-order valence-corrected chi connectivity index (χ4v) is 1.44. The third-order valence-electron chi connectivity index (χ3n) is 2.24. The molecule has 0 aromatic heterocycles. The van der Waals surface area contributed by atoms with E-state index >= 15 is 0 Å². The standard InChI is InChI=1S/C13H20N4O/c1-3-7-15-13(14)16-9-11-5-4-6-12(8-11)17-10(2)18/h4-6,8H,3,7,9H2,1-2H3,(H,17,18)(H3,14,15,16). The average Bonchev–Trinajstić information content (AvgIpc) is 2.33. The highest BCUT2D eigenvalue weighted by atomic mass is 16.1. The van der Waals surface area contributed by atoms with E-state index in [0.29, 0.717) is 12.5 Å². The molecule has 5 nitrogen and oxygen atoms in total. The zero-order chi connectivity index (χ0) is 13.4. The number of nitrogens with one attached hydrogen (secondary N) is 2. The molecule has 1 aromatic carbocycles. The van der Waals surface area contributed by atoms with Crippen LogP contribution in [0, 0.1) is 0 Å². The van der Waals surface area contributed by atoms with Gasteiger partial charge < -0.3 is 16.4 Å². The van der Waals surface area contributed by atoms with Crippen molar-refractivity contribution in [1.82, 2.24) is 5.32 Å². The van der Waals surface area contributed by atoms with Crippen molar-refractivity contribution in [3.05, 3.63) is 29.8 Å². The second-order valence-corrected chi connectivity index (χ2v) is 4.01. The summed E-state index contributed by atoms with van der Waals surface area (Å²) in [6.07, 6.45) is 1.01. The SMILES string of the molecule is CCCNC(N)=NCc1cccc(NC(C)=O)c1. The number of aliphatic imine (C=N–C) groups is 1. The molecule has 4 N–H and O–H groups in total. The number of guanidine groups is 1. The van der Waals surface area contributed by atoms with Crippen molar-refractivity contribution < 1.29 is 4.79 Å². The minimum atomic E-state index is -0.0835. The van der Waals surface area contributed by atoms with Crippen molar-refractivity contribution in [2.24, 2.45) is 10.7 Å². The maximum Gasteiger partial charge on any atom is 0.221 e. The number of benzene rings is 1. The Morgan fingerprint density at radius 2 is 2.22 bits per heavy atom. The summed E-state index contributed by atoms with van der Waals surface area (Å²) in [6.45, 7) is 4.87. The summed E-state index contributed by atoms with van der Waals surface area (Å²) in [7, 11) is 0. The molecule has 0 aliphatic heterocycles. The summed E-state index contributed by atoms with van der Waals surface area (Å²) in [5.74, 6) is 0.363. The first-order valence-corrected chi connectivity index (χ1v) is 6.02. The highest BCUT2D eigenvalue weighted by Gasteiger charge is 1.97. The highest BCUT2D eigenvalue weighted by Crippen LogP contribution is 2.11. The minimum absolute atomic E-state index is 0.0835. The van der Waals surface area contributed by atoms with Gasteiger partial charge in [-0.1, -0.05) is 19.1 Å². The van der Waals surface area contributed by atoms with Gasteiger partial charge in [0.05, 0.1) is 6.54 Å². The number of carbonyl (C=O) groups excluding carboxylic acids is 1. The summed E-state index contributed by atoms with van der Waals surface area (Å²) >= 11 is 0. The minimum Gasteiger partial charge on any atom is -0.370 e. The average molecular weight is 248 g/mol. The lowest BCUT2D eigenvalue weighted by Crippen LogP contribution is -2.32. The van der Waals surface area contributed by atoms with Gasteiger partial charge >= 0.3 is 0 Å². The molecule has 5 heteroatoms. The molecule has 0 saturated carbocycles. The first kappa shape index (κ1) is 14.0. The lowest BCUT2D eigenvalue weighted by atomic mass is 10.2. The number of amides is 1. The Morgan fingerprint density at radius 3 is 2.89 bits per heavy atom. The normalized spacial score (nSPS) is 11.1. The zero-order valence-corrected chi connectivity index (χ0v) is 10.9. The van der Waals surface area contributed by atoms with Crippen LogP contribution in [0.25, 0.3) is 0 Å². The monoisotopic (exact) mass is 248 g/mol. The van der Waals surface area contributed by atoms with Gasteiger partial charge in [-0.2, -0.15) is 0 Å². The lowest BCUT2D eigenvalue weighted by Gasteiger charge is -2.05. The molecule has 18 heavy (non-hydrogen) atoms. The Kier molecular flexibility index (Phi) is 5.70. The molecular formula is C13H20N4O. The first-order chi connectivity index (χ1) is 8.61. The Morgan fingerprint density at radius 1 is 1.44 bits per heavy atom. The molecular weight excluding hydrogens is 228 g/mol. The smallest absolute Gasteiger partial charge is 0.221 e. The fraction of sp³-hybridized carbons (Fsp3) is 0.385.